The second-order valence-corrected chi connectivity index (χ2v) is 5.15. The normalized spacial score (nSPS) is 20.4. The summed E-state index contributed by atoms with van der Waals surface area (Å²) in [6.45, 7) is 2.26. The van der Waals surface area contributed by atoms with Gasteiger partial charge in [-0.15, -0.1) is 0 Å². The molecule has 1 heterocycles. The van der Waals surface area contributed by atoms with Gasteiger partial charge < -0.3 is 10.6 Å². The van der Waals surface area contributed by atoms with Crippen molar-refractivity contribution in [2.24, 2.45) is 5.73 Å². The molecule has 1 aliphatic rings. The smallest absolute Gasteiger partial charge is 0.117 e. The number of rotatable bonds is 3. The summed E-state index contributed by atoms with van der Waals surface area (Å²) in [5.41, 5.74) is 6.71. The van der Waals surface area contributed by atoms with Crippen molar-refractivity contribution in [2.75, 3.05) is 20.1 Å². The maximum Gasteiger partial charge on any atom is 0.117 e. The number of hydrogen-bond donors (Lipinski definition) is 1. The lowest BCUT2D eigenvalue weighted by molar-refractivity contribution is 0.0698. The Morgan fingerprint density at radius 2 is 1.71 bits per heavy atom. The van der Waals surface area contributed by atoms with Gasteiger partial charge in [-0.3, -0.25) is 0 Å². The minimum absolute atomic E-state index is 0.533. The molecule has 2 nitrogen and oxygen atoms in total. The molecule has 3 heteroatoms. The van der Waals surface area contributed by atoms with E-state index in [9.17, 15) is 4.39 Å². The Labute approximate surface area is 103 Å². The van der Waals surface area contributed by atoms with Crippen LogP contribution in [-0.2, 0) is 13.0 Å². The van der Waals surface area contributed by atoms with E-state index in [0.717, 1.165) is 24.2 Å². The Morgan fingerprint density at radius 1 is 1.18 bits per heavy atom. The van der Waals surface area contributed by atoms with Crippen molar-refractivity contribution < 1.29 is 4.39 Å². The first-order valence-corrected chi connectivity index (χ1v) is 6.27. The Kier molecular flexibility index (Phi) is 3.79. The molecule has 2 N–H and O–H groups in total. The summed E-state index contributed by atoms with van der Waals surface area (Å²) in [5.74, 6) is 0. The SMILES string of the molecule is CN1CCC(F)(Cc2ccc(CN)cc2)CC1. The third kappa shape index (κ3) is 3.27. The van der Waals surface area contributed by atoms with Crippen LogP contribution in [0.2, 0.25) is 0 Å². The first kappa shape index (κ1) is 12.5. The highest BCUT2D eigenvalue weighted by Gasteiger charge is 2.33. The summed E-state index contributed by atoms with van der Waals surface area (Å²) in [4.78, 5) is 2.19. The second-order valence-electron chi connectivity index (χ2n) is 5.15. The van der Waals surface area contributed by atoms with Gasteiger partial charge >= 0.3 is 0 Å². The summed E-state index contributed by atoms with van der Waals surface area (Å²) in [6.07, 6.45) is 1.82. The molecule has 0 radical (unpaired) electrons. The third-order valence-electron chi connectivity index (χ3n) is 3.66. The Hall–Kier alpha value is -0.930. The number of nitrogens with zero attached hydrogens (tertiary/aromatic N) is 1. The van der Waals surface area contributed by atoms with Crippen LogP contribution in [0.1, 0.15) is 24.0 Å². The van der Waals surface area contributed by atoms with Gasteiger partial charge in [0.25, 0.3) is 0 Å². The fourth-order valence-electron chi connectivity index (χ4n) is 2.36. The predicted molar refractivity (Wildman–Crippen MR) is 68.6 cm³/mol. The zero-order valence-corrected chi connectivity index (χ0v) is 10.5. The van der Waals surface area contributed by atoms with E-state index in [1.807, 2.05) is 24.3 Å². The van der Waals surface area contributed by atoms with E-state index in [1.165, 1.54) is 0 Å². The zero-order valence-electron chi connectivity index (χ0n) is 10.5. The molecule has 1 aromatic carbocycles. The van der Waals surface area contributed by atoms with Crippen LogP contribution in [0.3, 0.4) is 0 Å². The largest absolute Gasteiger partial charge is 0.326 e. The van der Waals surface area contributed by atoms with Gasteiger partial charge in [0.1, 0.15) is 5.67 Å². The number of halogens is 1. The lowest BCUT2D eigenvalue weighted by Crippen LogP contribution is -2.41. The minimum atomic E-state index is -1.02. The van der Waals surface area contributed by atoms with Crippen LogP contribution in [-0.4, -0.2) is 30.7 Å². The lowest BCUT2D eigenvalue weighted by Gasteiger charge is -2.34. The van der Waals surface area contributed by atoms with E-state index in [0.29, 0.717) is 25.8 Å². The number of likely N-dealkylation sites (tertiary alicyclic amines) is 1. The Bertz CT molecular complexity index is 353. The quantitative estimate of drug-likeness (QED) is 0.871. The third-order valence-corrected chi connectivity index (χ3v) is 3.66. The highest BCUT2D eigenvalue weighted by atomic mass is 19.1. The molecule has 0 aliphatic carbocycles. The fourth-order valence-corrected chi connectivity index (χ4v) is 2.36. The highest BCUT2D eigenvalue weighted by Crippen LogP contribution is 2.29. The van der Waals surface area contributed by atoms with E-state index in [4.69, 9.17) is 5.73 Å². The van der Waals surface area contributed by atoms with Crippen molar-refractivity contribution in [1.29, 1.82) is 0 Å². The molecule has 94 valence electrons. The molecule has 0 spiro atoms. The average Bonchev–Trinajstić information content (AvgIpc) is 2.34. The first-order valence-electron chi connectivity index (χ1n) is 6.27. The van der Waals surface area contributed by atoms with E-state index in [2.05, 4.69) is 11.9 Å². The summed E-state index contributed by atoms with van der Waals surface area (Å²) in [5, 5.41) is 0. The lowest BCUT2D eigenvalue weighted by atomic mass is 9.87. The molecule has 1 aromatic rings. The van der Waals surface area contributed by atoms with Crippen molar-refractivity contribution in [2.45, 2.75) is 31.5 Å². The van der Waals surface area contributed by atoms with Crippen molar-refractivity contribution in [3.05, 3.63) is 35.4 Å². The van der Waals surface area contributed by atoms with Gasteiger partial charge in [0.05, 0.1) is 0 Å². The van der Waals surface area contributed by atoms with Crippen molar-refractivity contribution in [3.63, 3.8) is 0 Å². The molecule has 0 unspecified atom stereocenters. The molecule has 0 saturated carbocycles. The van der Waals surface area contributed by atoms with E-state index >= 15 is 0 Å². The molecule has 1 fully saturated rings. The number of alkyl halides is 1. The van der Waals surface area contributed by atoms with Crippen LogP contribution in [0.15, 0.2) is 24.3 Å². The monoisotopic (exact) mass is 236 g/mol. The van der Waals surface area contributed by atoms with Gasteiger partial charge in [0.15, 0.2) is 0 Å². The average molecular weight is 236 g/mol. The summed E-state index contributed by atoms with van der Waals surface area (Å²) >= 11 is 0. The maximum absolute atomic E-state index is 14.6. The predicted octanol–water partition coefficient (Wildman–Crippen LogP) is 2.12. The van der Waals surface area contributed by atoms with Crippen LogP contribution in [0.5, 0.6) is 0 Å². The van der Waals surface area contributed by atoms with Crippen LogP contribution in [0, 0.1) is 0 Å². The Morgan fingerprint density at radius 3 is 2.24 bits per heavy atom. The molecule has 1 saturated heterocycles. The molecular formula is C14H21FN2. The summed E-state index contributed by atoms with van der Waals surface area (Å²) in [6, 6.07) is 7.99. The summed E-state index contributed by atoms with van der Waals surface area (Å²) in [7, 11) is 2.05. The first-order chi connectivity index (χ1) is 8.11. The molecule has 0 aromatic heterocycles. The number of nitrogens with two attached hydrogens (primary N) is 1. The van der Waals surface area contributed by atoms with Crippen molar-refractivity contribution in [1.82, 2.24) is 4.90 Å². The summed E-state index contributed by atoms with van der Waals surface area (Å²) < 4.78 is 14.6. The molecule has 17 heavy (non-hydrogen) atoms. The van der Waals surface area contributed by atoms with Gasteiger partial charge in [-0.25, -0.2) is 4.39 Å². The molecule has 0 amide bonds. The van der Waals surface area contributed by atoms with Gasteiger partial charge in [-0.1, -0.05) is 24.3 Å². The van der Waals surface area contributed by atoms with Gasteiger partial charge in [0.2, 0.25) is 0 Å². The number of hydrogen-bond acceptors (Lipinski definition) is 2. The highest BCUT2D eigenvalue weighted by molar-refractivity contribution is 5.23. The van der Waals surface area contributed by atoms with Crippen LogP contribution < -0.4 is 5.73 Å². The van der Waals surface area contributed by atoms with Gasteiger partial charge in [-0.05, 0) is 31.0 Å². The standard InChI is InChI=1S/C14H21FN2/c1-17-8-6-14(15,7-9-17)10-12-2-4-13(11-16)5-3-12/h2-5H,6-11,16H2,1H3. The topological polar surface area (TPSA) is 29.3 Å². The molecule has 0 bridgehead atoms. The maximum atomic E-state index is 14.6. The van der Waals surface area contributed by atoms with Crippen molar-refractivity contribution >= 4 is 0 Å². The molecule has 1 aliphatic heterocycles. The second kappa shape index (κ2) is 5.15. The minimum Gasteiger partial charge on any atom is -0.326 e. The molecular weight excluding hydrogens is 215 g/mol. The van der Waals surface area contributed by atoms with Gasteiger partial charge in [-0.2, -0.15) is 0 Å². The van der Waals surface area contributed by atoms with Gasteiger partial charge in [0, 0.05) is 26.1 Å². The van der Waals surface area contributed by atoms with Crippen LogP contribution in [0.4, 0.5) is 4.39 Å². The van der Waals surface area contributed by atoms with Crippen LogP contribution in [0.25, 0.3) is 0 Å². The van der Waals surface area contributed by atoms with E-state index < -0.39 is 5.67 Å². The Balaban J connectivity index is 1.99. The van der Waals surface area contributed by atoms with E-state index in [-0.39, 0.29) is 0 Å². The fraction of sp³-hybridized carbons (Fsp3) is 0.571. The van der Waals surface area contributed by atoms with E-state index in [1.54, 1.807) is 0 Å². The number of piperidine rings is 1. The molecule has 0 atom stereocenters. The van der Waals surface area contributed by atoms with Crippen molar-refractivity contribution in [3.8, 4) is 0 Å². The van der Waals surface area contributed by atoms with Crippen LogP contribution >= 0.6 is 0 Å². The number of benzene rings is 1. The zero-order chi connectivity index (χ0) is 12.3. The molecule has 2 rings (SSSR count).